The summed E-state index contributed by atoms with van der Waals surface area (Å²) < 4.78 is 0. The summed E-state index contributed by atoms with van der Waals surface area (Å²) in [4.78, 5) is 2.43. The highest BCUT2D eigenvalue weighted by molar-refractivity contribution is 5.29. The third kappa shape index (κ3) is 3.56. The number of nitrogens with zero attached hydrogens (tertiary/aromatic N) is 1. The van der Waals surface area contributed by atoms with Crippen LogP contribution in [-0.4, -0.2) is 35.2 Å². The maximum absolute atomic E-state index is 10.2. The molecule has 3 N–H and O–H groups in total. The van der Waals surface area contributed by atoms with Gasteiger partial charge in [0.1, 0.15) is 0 Å². The predicted octanol–water partition coefficient (Wildman–Crippen LogP) is 2.23. The smallest absolute Gasteiger partial charge is 0.0632 e. The van der Waals surface area contributed by atoms with Gasteiger partial charge in [-0.3, -0.25) is 4.90 Å². The monoisotopic (exact) mass is 262 g/mol. The number of aryl methyl sites for hydroxylation is 1. The zero-order chi connectivity index (χ0) is 13.9. The van der Waals surface area contributed by atoms with Gasteiger partial charge in [0, 0.05) is 19.1 Å². The number of rotatable bonds is 3. The molecule has 0 bridgehead atoms. The summed E-state index contributed by atoms with van der Waals surface area (Å²) in [5.41, 5.74) is 8.13. The molecule has 19 heavy (non-hydrogen) atoms. The molecule has 1 fully saturated rings. The van der Waals surface area contributed by atoms with Crippen LogP contribution in [0.25, 0.3) is 0 Å². The van der Waals surface area contributed by atoms with E-state index in [4.69, 9.17) is 5.73 Å². The van der Waals surface area contributed by atoms with E-state index in [0.717, 1.165) is 32.4 Å². The summed E-state index contributed by atoms with van der Waals surface area (Å²) in [6.45, 7) is 6.66. The molecule has 0 spiro atoms. The first kappa shape index (κ1) is 14.5. The molecule has 1 aliphatic rings. The van der Waals surface area contributed by atoms with Gasteiger partial charge in [-0.1, -0.05) is 24.3 Å². The molecule has 1 aromatic carbocycles. The summed E-state index contributed by atoms with van der Waals surface area (Å²) in [5.74, 6) is 0. The van der Waals surface area contributed by atoms with E-state index in [0.29, 0.717) is 6.54 Å². The molecule has 0 aromatic heterocycles. The molecule has 2 atom stereocenters. The van der Waals surface area contributed by atoms with Gasteiger partial charge < -0.3 is 10.8 Å². The summed E-state index contributed by atoms with van der Waals surface area (Å²) in [5, 5.41) is 10.2. The van der Waals surface area contributed by atoms with Crippen molar-refractivity contribution in [2.45, 2.75) is 44.8 Å². The van der Waals surface area contributed by atoms with E-state index in [2.05, 4.69) is 36.1 Å². The highest BCUT2D eigenvalue weighted by atomic mass is 16.3. The number of likely N-dealkylation sites (tertiary alicyclic amines) is 1. The molecule has 0 aliphatic carbocycles. The third-order valence-corrected chi connectivity index (χ3v) is 4.31. The van der Waals surface area contributed by atoms with Crippen molar-refractivity contribution in [3.63, 3.8) is 0 Å². The first-order valence-corrected chi connectivity index (χ1v) is 7.25. The van der Waals surface area contributed by atoms with Crippen LogP contribution in [-0.2, 0) is 0 Å². The Labute approximate surface area is 116 Å². The van der Waals surface area contributed by atoms with E-state index in [1.807, 2.05) is 6.92 Å². The Morgan fingerprint density at radius 3 is 2.74 bits per heavy atom. The van der Waals surface area contributed by atoms with Crippen molar-refractivity contribution in [3.8, 4) is 0 Å². The van der Waals surface area contributed by atoms with Crippen molar-refractivity contribution in [1.82, 2.24) is 4.90 Å². The molecule has 1 aromatic rings. The summed E-state index contributed by atoms with van der Waals surface area (Å²) >= 11 is 0. The van der Waals surface area contributed by atoms with Gasteiger partial charge in [-0.05, 0) is 50.8 Å². The second-order valence-electron chi connectivity index (χ2n) is 5.99. The predicted molar refractivity (Wildman–Crippen MR) is 79.0 cm³/mol. The quantitative estimate of drug-likeness (QED) is 0.878. The maximum atomic E-state index is 10.2. The zero-order valence-corrected chi connectivity index (χ0v) is 12.1. The van der Waals surface area contributed by atoms with E-state index in [-0.39, 0.29) is 6.04 Å². The molecule has 1 heterocycles. The van der Waals surface area contributed by atoms with Gasteiger partial charge in [0.2, 0.25) is 0 Å². The lowest BCUT2D eigenvalue weighted by Crippen LogP contribution is -2.36. The van der Waals surface area contributed by atoms with Crippen molar-refractivity contribution in [3.05, 3.63) is 35.4 Å². The number of aliphatic hydroxyl groups is 1. The Bertz CT molecular complexity index is 417. The van der Waals surface area contributed by atoms with Crippen LogP contribution < -0.4 is 5.73 Å². The number of hydrogen-bond acceptors (Lipinski definition) is 3. The Kier molecular flexibility index (Phi) is 4.61. The Hall–Kier alpha value is -0.900. The Balaban J connectivity index is 2.16. The maximum Gasteiger partial charge on any atom is 0.0632 e. The minimum Gasteiger partial charge on any atom is -0.390 e. The highest BCUT2D eigenvalue weighted by Gasteiger charge is 2.28. The lowest BCUT2D eigenvalue weighted by molar-refractivity contribution is 0.0431. The fourth-order valence-electron chi connectivity index (χ4n) is 3.03. The van der Waals surface area contributed by atoms with Gasteiger partial charge in [0.25, 0.3) is 0 Å². The summed E-state index contributed by atoms with van der Waals surface area (Å²) in [6.07, 6.45) is 2.75. The van der Waals surface area contributed by atoms with Crippen LogP contribution in [0.2, 0.25) is 0 Å². The number of hydrogen-bond donors (Lipinski definition) is 2. The fourth-order valence-corrected chi connectivity index (χ4v) is 3.03. The number of benzene rings is 1. The average Bonchev–Trinajstić information content (AvgIpc) is 2.54. The van der Waals surface area contributed by atoms with Crippen LogP contribution >= 0.6 is 0 Å². The Morgan fingerprint density at radius 2 is 2.05 bits per heavy atom. The molecule has 106 valence electrons. The molecule has 0 saturated carbocycles. The third-order valence-electron chi connectivity index (χ3n) is 4.31. The molecule has 2 unspecified atom stereocenters. The lowest BCUT2D eigenvalue weighted by atomic mass is 9.97. The second kappa shape index (κ2) is 6.04. The Morgan fingerprint density at radius 1 is 1.32 bits per heavy atom. The van der Waals surface area contributed by atoms with Crippen molar-refractivity contribution < 1.29 is 5.11 Å². The largest absolute Gasteiger partial charge is 0.390 e. The van der Waals surface area contributed by atoms with Crippen LogP contribution in [0, 0.1) is 6.92 Å². The van der Waals surface area contributed by atoms with Crippen LogP contribution in [0.5, 0.6) is 0 Å². The molecule has 1 aliphatic heterocycles. The van der Waals surface area contributed by atoms with E-state index in [1.54, 1.807) is 0 Å². The van der Waals surface area contributed by atoms with Crippen LogP contribution in [0.1, 0.15) is 43.4 Å². The van der Waals surface area contributed by atoms with Crippen LogP contribution in [0.3, 0.4) is 0 Å². The van der Waals surface area contributed by atoms with Crippen molar-refractivity contribution in [1.29, 1.82) is 0 Å². The van der Waals surface area contributed by atoms with Gasteiger partial charge in [-0.25, -0.2) is 0 Å². The van der Waals surface area contributed by atoms with Crippen molar-refractivity contribution in [2.24, 2.45) is 5.73 Å². The van der Waals surface area contributed by atoms with Crippen molar-refractivity contribution in [2.75, 3.05) is 19.6 Å². The molecular formula is C16H26N2O. The molecule has 0 amide bonds. The highest BCUT2D eigenvalue weighted by Crippen LogP contribution is 2.28. The first-order valence-electron chi connectivity index (χ1n) is 7.25. The zero-order valence-electron chi connectivity index (χ0n) is 12.1. The van der Waals surface area contributed by atoms with Gasteiger partial charge >= 0.3 is 0 Å². The van der Waals surface area contributed by atoms with Crippen LogP contribution in [0.15, 0.2) is 24.3 Å². The van der Waals surface area contributed by atoms with E-state index < -0.39 is 5.60 Å². The molecule has 0 radical (unpaired) electrons. The van der Waals surface area contributed by atoms with Gasteiger partial charge in [-0.15, -0.1) is 0 Å². The molecule has 3 nitrogen and oxygen atoms in total. The van der Waals surface area contributed by atoms with Gasteiger partial charge in [0.05, 0.1) is 5.60 Å². The van der Waals surface area contributed by atoms with Crippen molar-refractivity contribution >= 4 is 0 Å². The lowest BCUT2D eigenvalue weighted by Gasteiger charge is -2.31. The molecular weight excluding hydrogens is 236 g/mol. The first-order chi connectivity index (χ1) is 9.03. The topological polar surface area (TPSA) is 49.5 Å². The minimum atomic E-state index is -0.514. The second-order valence-corrected chi connectivity index (χ2v) is 5.99. The van der Waals surface area contributed by atoms with E-state index in [1.165, 1.54) is 11.1 Å². The standard InChI is InChI=1S/C16H26N2O/c1-13-6-3-4-7-14(13)15(12-17)18-10-5-8-16(2,19)9-11-18/h3-4,6-7,15,19H,5,8-12,17H2,1-2H3. The van der Waals surface area contributed by atoms with Crippen LogP contribution in [0.4, 0.5) is 0 Å². The van der Waals surface area contributed by atoms with Gasteiger partial charge in [-0.2, -0.15) is 0 Å². The van der Waals surface area contributed by atoms with E-state index in [9.17, 15) is 5.11 Å². The molecule has 1 saturated heterocycles. The normalized spacial score (nSPS) is 26.9. The number of nitrogens with two attached hydrogens (primary N) is 1. The fraction of sp³-hybridized carbons (Fsp3) is 0.625. The SMILES string of the molecule is Cc1ccccc1C(CN)N1CCCC(C)(O)CC1. The van der Waals surface area contributed by atoms with E-state index >= 15 is 0 Å². The van der Waals surface area contributed by atoms with Gasteiger partial charge in [0.15, 0.2) is 0 Å². The molecule has 3 heteroatoms. The molecule has 2 rings (SSSR count). The minimum absolute atomic E-state index is 0.273. The summed E-state index contributed by atoms with van der Waals surface area (Å²) in [6, 6.07) is 8.75. The summed E-state index contributed by atoms with van der Waals surface area (Å²) in [7, 11) is 0. The average molecular weight is 262 g/mol.